The van der Waals surface area contributed by atoms with Crippen LogP contribution in [-0.2, 0) is 11.2 Å². The van der Waals surface area contributed by atoms with Crippen molar-refractivity contribution in [3.05, 3.63) is 29.3 Å². The van der Waals surface area contributed by atoms with E-state index in [0.29, 0.717) is 12.5 Å². The predicted molar refractivity (Wildman–Crippen MR) is 84.0 cm³/mol. The fourth-order valence-corrected chi connectivity index (χ4v) is 2.77. The molecule has 0 aliphatic carbocycles. The lowest BCUT2D eigenvalue weighted by molar-refractivity contribution is -0.115. The normalized spacial score (nSPS) is 15.0. The van der Waals surface area contributed by atoms with Crippen LogP contribution in [0.15, 0.2) is 18.2 Å². The van der Waals surface area contributed by atoms with Crippen LogP contribution >= 0.6 is 0 Å². The van der Waals surface area contributed by atoms with Gasteiger partial charge in [0.15, 0.2) is 0 Å². The average molecular weight is 274 g/mol. The summed E-state index contributed by atoms with van der Waals surface area (Å²) in [6, 6.07) is 6.83. The van der Waals surface area contributed by atoms with Gasteiger partial charge in [-0.25, -0.2) is 0 Å². The Labute approximate surface area is 122 Å². The Kier molecular flexibility index (Phi) is 5.60. The van der Waals surface area contributed by atoms with Gasteiger partial charge in [0.1, 0.15) is 0 Å². The molecule has 1 aliphatic heterocycles. The maximum absolute atomic E-state index is 11.4. The molecule has 1 atom stereocenters. The zero-order valence-electron chi connectivity index (χ0n) is 12.7. The molecule has 0 radical (unpaired) electrons. The van der Waals surface area contributed by atoms with Crippen LogP contribution in [0.5, 0.6) is 0 Å². The maximum Gasteiger partial charge on any atom is 0.228 e. The van der Waals surface area contributed by atoms with Crippen LogP contribution in [0.3, 0.4) is 0 Å². The van der Waals surface area contributed by atoms with Crippen LogP contribution in [-0.4, -0.2) is 12.5 Å². The molecule has 0 aromatic heterocycles. The Hall–Kier alpha value is -1.35. The topological polar surface area (TPSA) is 41.1 Å². The highest BCUT2D eigenvalue weighted by Gasteiger charge is 2.19. The van der Waals surface area contributed by atoms with Crippen molar-refractivity contribution in [2.75, 3.05) is 11.9 Å². The van der Waals surface area contributed by atoms with Crippen LogP contribution in [0.25, 0.3) is 0 Å². The number of carbonyl (C=O) groups is 1. The fourth-order valence-electron chi connectivity index (χ4n) is 2.77. The highest BCUT2D eigenvalue weighted by molar-refractivity contribution is 5.99. The number of rotatable bonds is 8. The number of unbranched alkanes of at least 4 members (excludes halogenated alkanes) is 2. The molecule has 0 spiro atoms. The number of hydrogen-bond acceptors (Lipinski definition) is 2. The third-order valence-electron chi connectivity index (χ3n) is 3.89. The summed E-state index contributed by atoms with van der Waals surface area (Å²) in [5.41, 5.74) is 3.46. The van der Waals surface area contributed by atoms with Crippen molar-refractivity contribution < 1.29 is 4.79 Å². The molecule has 2 N–H and O–H groups in total. The summed E-state index contributed by atoms with van der Waals surface area (Å²) < 4.78 is 0. The van der Waals surface area contributed by atoms with Gasteiger partial charge in [-0.2, -0.15) is 0 Å². The minimum absolute atomic E-state index is 0.112. The number of carbonyl (C=O) groups excluding carboxylic acids is 1. The smallest absolute Gasteiger partial charge is 0.228 e. The number of hydrogen-bond donors (Lipinski definition) is 2. The molecule has 1 aliphatic rings. The lowest BCUT2D eigenvalue weighted by atomic mass is 9.97. The van der Waals surface area contributed by atoms with E-state index in [1.807, 2.05) is 0 Å². The molecule has 0 bridgehead atoms. The lowest BCUT2D eigenvalue weighted by Gasteiger charge is -2.19. The van der Waals surface area contributed by atoms with Crippen LogP contribution in [0.2, 0.25) is 0 Å². The van der Waals surface area contributed by atoms with E-state index < -0.39 is 0 Å². The molecule has 0 saturated carbocycles. The monoisotopic (exact) mass is 274 g/mol. The second-order valence-electron chi connectivity index (χ2n) is 5.64. The van der Waals surface area contributed by atoms with Crippen LogP contribution in [0.4, 0.5) is 5.69 Å². The molecular formula is C17H26N2O. The van der Waals surface area contributed by atoms with Gasteiger partial charge in [0.2, 0.25) is 5.91 Å². The fraction of sp³-hybridized carbons (Fsp3) is 0.588. The van der Waals surface area contributed by atoms with E-state index in [0.717, 1.165) is 24.2 Å². The first-order chi connectivity index (χ1) is 9.74. The van der Waals surface area contributed by atoms with Crippen LogP contribution in [0, 0.1) is 0 Å². The summed E-state index contributed by atoms with van der Waals surface area (Å²) in [6.07, 6.45) is 6.65. The molecule has 0 fully saturated rings. The minimum atomic E-state index is 0.112. The molecule has 1 heterocycles. The van der Waals surface area contributed by atoms with Crippen molar-refractivity contribution in [1.29, 1.82) is 0 Å². The van der Waals surface area contributed by atoms with Gasteiger partial charge in [0, 0.05) is 11.7 Å². The Morgan fingerprint density at radius 1 is 1.25 bits per heavy atom. The number of benzene rings is 1. The predicted octanol–water partition coefficient (Wildman–Crippen LogP) is 3.80. The number of nitrogens with one attached hydrogen (secondary N) is 2. The molecule has 3 nitrogen and oxygen atoms in total. The summed E-state index contributed by atoms with van der Waals surface area (Å²) in [4.78, 5) is 11.4. The quantitative estimate of drug-likeness (QED) is 0.708. The summed E-state index contributed by atoms with van der Waals surface area (Å²) in [7, 11) is 0. The van der Waals surface area contributed by atoms with E-state index in [2.05, 4.69) is 42.7 Å². The van der Waals surface area contributed by atoms with E-state index in [1.54, 1.807) is 0 Å². The SMILES string of the molecule is CCCCCC(NCCC)c1ccc2c(c1)CC(=O)N2. The van der Waals surface area contributed by atoms with E-state index in [-0.39, 0.29) is 5.91 Å². The first-order valence-corrected chi connectivity index (χ1v) is 7.90. The van der Waals surface area contributed by atoms with Gasteiger partial charge in [0.25, 0.3) is 0 Å². The second-order valence-corrected chi connectivity index (χ2v) is 5.64. The van der Waals surface area contributed by atoms with Crippen LogP contribution in [0.1, 0.15) is 63.1 Å². The third kappa shape index (κ3) is 3.83. The van der Waals surface area contributed by atoms with Gasteiger partial charge in [-0.3, -0.25) is 4.79 Å². The summed E-state index contributed by atoms with van der Waals surface area (Å²) in [5.74, 6) is 0.112. The summed E-state index contributed by atoms with van der Waals surface area (Å²) in [5, 5.41) is 6.54. The molecule has 1 amide bonds. The zero-order chi connectivity index (χ0) is 14.4. The molecule has 20 heavy (non-hydrogen) atoms. The number of anilines is 1. The molecule has 1 unspecified atom stereocenters. The molecule has 110 valence electrons. The lowest BCUT2D eigenvalue weighted by Crippen LogP contribution is -2.22. The highest BCUT2D eigenvalue weighted by atomic mass is 16.1. The van der Waals surface area contributed by atoms with Crippen molar-refractivity contribution in [3.8, 4) is 0 Å². The van der Waals surface area contributed by atoms with E-state index in [9.17, 15) is 4.79 Å². The van der Waals surface area contributed by atoms with Gasteiger partial charge in [-0.1, -0.05) is 45.2 Å². The maximum atomic E-state index is 11.4. The van der Waals surface area contributed by atoms with Crippen molar-refractivity contribution in [2.45, 2.75) is 58.4 Å². The average Bonchev–Trinajstić information content (AvgIpc) is 2.81. The van der Waals surface area contributed by atoms with Gasteiger partial charge in [-0.15, -0.1) is 0 Å². The molecule has 1 aromatic carbocycles. The minimum Gasteiger partial charge on any atom is -0.326 e. The van der Waals surface area contributed by atoms with Crippen LogP contribution < -0.4 is 10.6 Å². The first kappa shape index (κ1) is 15.0. The first-order valence-electron chi connectivity index (χ1n) is 7.90. The Morgan fingerprint density at radius 2 is 2.10 bits per heavy atom. The number of fused-ring (bicyclic) bond motifs is 1. The third-order valence-corrected chi connectivity index (χ3v) is 3.89. The molecule has 3 heteroatoms. The van der Waals surface area contributed by atoms with Crippen molar-refractivity contribution in [2.24, 2.45) is 0 Å². The number of amides is 1. The Morgan fingerprint density at radius 3 is 2.85 bits per heavy atom. The van der Waals surface area contributed by atoms with E-state index in [1.165, 1.54) is 31.2 Å². The summed E-state index contributed by atoms with van der Waals surface area (Å²) in [6.45, 7) is 5.48. The molecule has 0 saturated heterocycles. The van der Waals surface area contributed by atoms with E-state index >= 15 is 0 Å². The van der Waals surface area contributed by atoms with Gasteiger partial charge < -0.3 is 10.6 Å². The molecule has 2 rings (SSSR count). The van der Waals surface area contributed by atoms with Gasteiger partial charge >= 0.3 is 0 Å². The zero-order valence-corrected chi connectivity index (χ0v) is 12.7. The largest absolute Gasteiger partial charge is 0.326 e. The Balaban J connectivity index is 2.07. The molecular weight excluding hydrogens is 248 g/mol. The van der Waals surface area contributed by atoms with E-state index in [4.69, 9.17) is 0 Å². The van der Waals surface area contributed by atoms with Crippen molar-refractivity contribution in [1.82, 2.24) is 5.32 Å². The van der Waals surface area contributed by atoms with Gasteiger partial charge in [-0.05, 0) is 36.6 Å². The van der Waals surface area contributed by atoms with Gasteiger partial charge in [0.05, 0.1) is 6.42 Å². The van der Waals surface area contributed by atoms with Crippen molar-refractivity contribution >= 4 is 11.6 Å². The summed E-state index contributed by atoms with van der Waals surface area (Å²) >= 11 is 0. The highest BCUT2D eigenvalue weighted by Crippen LogP contribution is 2.28. The standard InChI is InChI=1S/C17H26N2O/c1-3-5-6-7-15(18-10-4-2)13-8-9-16-14(11-13)12-17(20)19-16/h8-9,11,15,18H,3-7,10,12H2,1-2H3,(H,19,20). The van der Waals surface area contributed by atoms with Crippen molar-refractivity contribution in [3.63, 3.8) is 0 Å². The molecule has 1 aromatic rings. The Bertz CT molecular complexity index is 456. The second kappa shape index (κ2) is 7.44.